The molecule has 7 nitrogen and oxygen atoms in total. The normalized spacial score (nSPS) is 16.4. The summed E-state index contributed by atoms with van der Waals surface area (Å²) in [4.78, 5) is 14.9. The van der Waals surface area contributed by atoms with E-state index in [0.29, 0.717) is 10.6 Å². The van der Waals surface area contributed by atoms with E-state index in [9.17, 15) is 13.2 Å². The Bertz CT molecular complexity index is 1060. The minimum absolute atomic E-state index is 0.0320. The van der Waals surface area contributed by atoms with Gasteiger partial charge >= 0.3 is 0 Å². The van der Waals surface area contributed by atoms with Crippen molar-refractivity contribution < 1.29 is 17.9 Å². The molecule has 1 unspecified atom stereocenters. The van der Waals surface area contributed by atoms with Crippen LogP contribution in [0.1, 0.15) is 35.1 Å². The van der Waals surface area contributed by atoms with Crippen molar-refractivity contribution in [1.82, 2.24) is 4.72 Å². The first-order chi connectivity index (χ1) is 15.1. The van der Waals surface area contributed by atoms with E-state index in [1.807, 2.05) is 58.0 Å². The average Bonchev–Trinajstić information content (AvgIpc) is 3.22. The number of carbonyl (C=O) groups excluding carboxylic acids is 1. The van der Waals surface area contributed by atoms with Gasteiger partial charge in [0, 0.05) is 44.5 Å². The molecule has 174 valence electrons. The van der Waals surface area contributed by atoms with Gasteiger partial charge in [0.05, 0.1) is 11.0 Å². The lowest BCUT2D eigenvalue weighted by Crippen LogP contribution is -2.29. The molecule has 8 heteroatoms. The summed E-state index contributed by atoms with van der Waals surface area (Å²) >= 11 is 0. The largest absolute Gasteiger partial charge is 0.380 e. The fourth-order valence-electron chi connectivity index (χ4n) is 4.09. The highest BCUT2D eigenvalue weighted by molar-refractivity contribution is 7.89. The molecular weight excluding hydrogens is 426 g/mol. The van der Waals surface area contributed by atoms with Crippen LogP contribution >= 0.6 is 0 Å². The molecule has 1 atom stereocenters. The van der Waals surface area contributed by atoms with Crippen molar-refractivity contribution in [3.63, 3.8) is 0 Å². The van der Waals surface area contributed by atoms with Crippen molar-refractivity contribution in [1.29, 1.82) is 0 Å². The molecule has 32 heavy (non-hydrogen) atoms. The fourth-order valence-corrected chi connectivity index (χ4v) is 5.73. The number of ether oxygens (including phenoxy) is 1. The third-order valence-electron chi connectivity index (χ3n) is 6.20. The van der Waals surface area contributed by atoms with Crippen LogP contribution in [0.15, 0.2) is 35.2 Å². The molecule has 1 fully saturated rings. The number of amides is 1. The first kappa shape index (κ1) is 24.2. The summed E-state index contributed by atoms with van der Waals surface area (Å²) in [5.74, 6) is -0.241. The SMILES string of the molecule is COC1CCN(c2ccc(NC(=O)CCNS(=O)(=O)c3c(C)c(C)cc(C)c3C)cc2)C1. The molecule has 1 aliphatic rings. The zero-order valence-corrected chi connectivity index (χ0v) is 20.3. The second-order valence-electron chi connectivity index (χ2n) is 8.42. The lowest BCUT2D eigenvalue weighted by atomic mass is 10.0. The molecule has 2 aromatic carbocycles. The number of nitrogens with one attached hydrogen (secondary N) is 2. The van der Waals surface area contributed by atoms with Crippen LogP contribution in [0.5, 0.6) is 0 Å². The first-order valence-corrected chi connectivity index (χ1v) is 12.4. The van der Waals surface area contributed by atoms with E-state index in [0.717, 1.165) is 47.5 Å². The summed E-state index contributed by atoms with van der Waals surface area (Å²) < 4.78 is 33.7. The number of anilines is 2. The van der Waals surface area contributed by atoms with Crippen molar-refractivity contribution in [2.75, 3.05) is 37.0 Å². The summed E-state index contributed by atoms with van der Waals surface area (Å²) in [5.41, 5.74) is 5.11. The van der Waals surface area contributed by atoms with Gasteiger partial charge in [0.15, 0.2) is 0 Å². The molecule has 1 heterocycles. The highest BCUT2D eigenvalue weighted by Crippen LogP contribution is 2.26. The maximum atomic E-state index is 12.9. The van der Waals surface area contributed by atoms with Gasteiger partial charge in [-0.2, -0.15) is 0 Å². The number of hydrogen-bond donors (Lipinski definition) is 2. The molecule has 0 aromatic heterocycles. The predicted molar refractivity (Wildman–Crippen MR) is 128 cm³/mol. The number of aryl methyl sites for hydroxylation is 2. The summed E-state index contributed by atoms with van der Waals surface area (Å²) in [6.07, 6.45) is 1.31. The zero-order chi connectivity index (χ0) is 23.5. The monoisotopic (exact) mass is 459 g/mol. The van der Waals surface area contributed by atoms with Crippen LogP contribution in [-0.2, 0) is 19.6 Å². The molecule has 0 saturated carbocycles. The van der Waals surface area contributed by atoms with E-state index < -0.39 is 10.0 Å². The maximum Gasteiger partial charge on any atom is 0.241 e. The van der Waals surface area contributed by atoms with E-state index >= 15 is 0 Å². The van der Waals surface area contributed by atoms with Gasteiger partial charge in [0.2, 0.25) is 15.9 Å². The van der Waals surface area contributed by atoms with E-state index in [-0.39, 0.29) is 25.0 Å². The van der Waals surface area contributed by atoms with Gasteiger partial charge in [-0.25, -0.2) is 13.1 Å². The second-order valence-corrected chi connectivity index (χ2v) is 10.1. The van der Waals surface area contributed by atoms with Gasteiger partial charge in [0.25, 0.3) is 0 Å². The van der Waals surface area contributed by atoms with Crippen molar-refractivity contribution in [2.45, 2.75) is 51.5 Å². The molecule has 2 N–H and O–H groups in total. The second kappa shape index (κ2) is 10.0. The zero-order valence-electron chi connectivity index (χ0n) is 19.5. The predicted octanol–water partition coefficient (Wildman–Crippen LogP) is 3.45. The minimum atomic E-state index is -3.70. The molecule has 1 amide bonds. The Morgan fingerprint density at radius 1 is 1.09 bits per heavy atom. The van der Waals surface area contributed by atoms with Crippen LogP contribution in [0.4, 0.5) is 11.4 Å². The fraction of sp³-hybridized carbons (Fsp3) is 0.458. The van der Waals surface area contributed by atoms with Crippen molar-refractivity contribution >= 4 is 27.3 Å². The number of sulfonamides is 1. The number of hydrogen-bond acceptors (Lipinski definition) is 5. The van der Waals surface area contributed by atoms with Crippen LogP contribution < -0.4 is 14.9 Å². The Morgan fingerprint density at radius 2 is 1.72 bits per heavy atom. The van der Waals surface area contributed by atoms with E-state index in [1.165, 1.54) is 0 Å². The topological polar surface area (TPSA) is 87.7 Å². The molecular formula is C24H33N3O4S. The molecule has 3 rings (SSSR count). The molecule has 2 aromatic rings. The molecule has 0 radical (unpaired) electrons. The maximum absolute atomic E-state index is 12.9. The third kappa shape index (κ3) is 5.49. The highest BCUT2D eigenvalue weighted by atomic mass is 32.2. The van der Waals surface area contributed by atoms with Gasteiger partial charge in [-0.3, -0.25) is 4.79 Å². The molecule has 1 saturated heterocycles. The average molecular weight is 460 g/mol. The van der Waals surface area contributed by atoms with Crippen LogP contribution in [0.2, 0.25) is 0 Å². The standard InChI is InChI=1S/C24H33N3O4S/c1-16-14-17(2)19(4)24(18(16)3)32(29,30)25-12-10-23(28)26-20-6-8-21(9-7-20)27-13-11-22(15-27)31-5/h6-9,14,22,25H,10-13,15H2,1-5H3,(H,26,28). The Kier molecular flexibility index (Phi) is 7.59. The molecule has 1 aliphatic heterocycles. The Balaban J connectivity index is 1.54. The Labute approximate surface area is 191 Å². The van der Waals surface area contributed by atoms with Gasteiger partial charge in [-0.1, -0.05) is 6.07 Å². The highest BCUT2D eigenvalue weighted by Gasteiger charge is 2.23. The summed E-state index contributed by atoms with van der Waals surface area (Å²) in [5, 5.41) is 2.83. The van der Waals surface area contributed by atoms with E-state index in [1.54, 1.807) is 7.11 Å². The number of nitrogens with zero attached hydrogens (tertiary/aromatic N) is 1. The number of benzene rings is 2. The van der Waals surface area contributed by atoms with Crippen LogP contribution in [0, 0.1) is 27.7 Å². The van der Waals surface area contributed by atoms with Gasteiger partial charge < -0.3 is 15.0 Å². The Hall–Kier alpha value is -2.42. The Morgan fingerprint density at radius 3 is 2.28 bits per heavy atom. The lowest BCUT2D eigenvalue weighted by Gasteiger charge is -2.18. The van der Waals surface area contributed by atoms with Crippen molar-refractivity contribution in [3.05, 3.63) is 52.6 Å². The van der Waals surface area contributed by atoms with Gasteiger partial charge in [-0.05, 0) is 80.6 Å². The lowest BCUT2D eigenvalue weighted by molar-refractivity contribution is -0.116. The minimum Gasteiger partial charge on any atom is -0.380 e. The smallest absolute Gasteiger partial charge is 0.241 e. The quantitative estimate of drug-likeness (QED) is 0.631. The first-order valence-electron chi connectivity index (χ1n) is 10.9. The van der Waals surface area contributed by atoms with Gasteiger partial charge in [-0.15, -0.1) is 0 Å². The summed E-state index contributed by atoms with van der Waals surface area (Å²) in [6, 6.07) is 9.66. The van der Waals surface area contributed by atoms with Gasteiger partial charge in [0.1, 0.15) is 0 Å². The number of methoxy groups -OCH3 is 1. The molecule has 0 spiro atoms. The van der Waals surface area contributed by atoms with Crippen LogP contribution in [0.3, 0.4) is 0 Å². The van der Waals surface area contributed by atoms with Crippen LogP contribution in [-0.4, -0.2) is 47.2 Å². The number of carbonyl (C=O) groups is 1. The van der Waals surface area contributed by atoms with E-state index in [4.69, 9.17) is 4.74 Å². The van der Waals surface area contributed by atoms with E-state index in [2.05, 4.69) is 14.9 Å². The number of rotatable bonds is 8. The van der Waals surface area contributed by atoms with Crippen molar-refractivity contribution in [3.8, 4) is 0 Å². The summed E-state index contributed by atoms with van der Waals surface area (Å²) in [7, 11) is -1.97. The summed E-state index contributed by atoms with van der Waals surface area (Å²) in [6.45, 7) is 9.27. The van der Waals surface area contributed by atoms with Crippen molar-refractivity contribution in [2.24, 2.45) is 0 Å². The molecule has 0 bridgehead atoms. The van der Waals surface area contributed by atoms with Crippen LogP contribution in [0.25, 0.3) is 0 Å². The third-order valence-corrected chi connectivity index (χ3v) is 7.94. The molecule has 0 aliphatic carbocycles.